The largest absolute Gasteiger partial charge is 0.489 e. The van der Waals surface area contributed by atoms with Crippen molar-refractivity contribution in [1.82, 2.24) is 0 Å². The molecule has 1 heterocycles. The number of fused-ring (bicyclic) bond motifs is 1. The van der Waals surface area contributed by atoms with Crippen LogP contribution in [-0.4, -0.2) is 17.2 Å². The number of thiophene rings is 1. The second-order valence-corrected chi connectivity index (χ2v) is 4.20. The van der Waals surface area contributed by atoms with Gasteiger partial charge in [0.2, 0.25) is 0 Å². The molecule has 0 unspecified atom stereocenters. The van der Waals surface area contributed by atoms with Crippen molar-refractivity contribution in [2.75, 3.05) is 5.73 Å². The summed E-state index contributed by atoms with van der Waals surface area (Å²) in [6, 6.07) is 3.52. The maximum atomic E-state index is 9.09. The van der Waals surface area contributed by atoms with E-state index in [1.54, 1.807) is 11.4 Å². The zero-order valence-electron chi connectivity index (χ0n) is 7.07. The number of benzene rings is 1. The van der Waals surface area contributed by atoms with E-state index >= 15 is 0 Å². The van der Waals surface area contributed by atoms with E-state index in [1.165, 1.54) is 11.3 Å². The van der Waals surface area contributed by atoms with Gasteiger partial charge in [-0.25, -0.2) is 0 Å². The second kappa shape index (κ2) is 3.44. The van der Waals surface area contributed by atoms with E-state index in [0.717, 1.165) is 4.70 Å². The fraction of sp³-hybridized carbons (Fsp3) is 0. The lowest BCUT2D eigenvalue weighted by atomic mass is 9.80. The standard InChI is InChI=1S/C8H7BClNO2S/c10-8-5(11)1-2-6-7(8)4(3-14-6)9(12)13/h1-3,12-13H,11H2. The summed E-state index contributed by atoms with van der Waals surface area (Å²) in [5, 5.41) is 20.9. The van der Waals surface area contributed by atoms with Crippen LogP contribution in [0.15, 0.2) is 17.5 Å². The Morgan fingerprint density at radius 3 is 2.71 bits per heavy atom. The molecule has 4 N–H and O–H groups in total. The van der Waals surface area contributed by atoms with E-state index in [9.17, 15) is 0 Å². The van der Waals surface area contributed by atoms with Crippen molar-refractivity contribution in [3.63, 3.8) is 0 Å². The first-order valence-electron chi connectivity index (χ1n) is 3.92. The van der Waals surface area contributed by atoms with Crippen molar-refractivity contribution < 1.29 is 10.0 Å². The van der Waals surface area contributed by atoms with Gasteiger partial charge in [-0.15, -0.1) is 11.3 Å². The van der Waals surface area contributed by atoms with E-state index in [0.29, 0.717) is 21.6 Å². The minimum absolute atomic E-state index is 0.381. The molecule has 0 bridgehead atoms. The Bertz CT molecular complexity index is 485. The van der Waals surface area contributed by atoms with E-state index in [1.807, 2.05) is 6.07 Å². The molecule has 0 aliphatic rings. The zero-order chi connectivity index (χ0) is 10.3. The molecule has 72 valence electrons. The minimum Gasteiger partial charge on any atom is -0.423 e. The lowest BCUT2D eigenvalue weighted by Crippen LogP contribution is -2.28. The van der Waals surface area contributed by atoms with Crippen LogP contribution in [0.5, 0.6) is 0 Å². The molecule has 0 atom stereocenters. The van der Waals surface area contributed by atoms with E-state index in [2.05, 4.69) is 0 Å². The number of hydrogen-bond acceptors (Lipinski definition) is 4. The molecule has 0 aliphatic carbocycles. The van der Waals surface area contributed by atoms with Crippen molar-refractivity contribution in [1.29, 1.82) is 0 Å². The lowest BCUT2D eigenvalue weighted by molar-refractivity contribution is 0.426. The Balaban J connectivity index is 2.82. The van der Waals surface area contributed by atoms with Crippen molar-refractivity contribution in [3.05, 3.63) is 22.5 Å². The summed E-state index contributed by atoms with van der Waals surface area (Å²) in [5.41, 5.74) is 6.47. The van der Waals surface area contributed by atoms with Crippen LogP contribution in [0, 0.1) is 0 Å². The molecule has 0 aliphatic heterocycles. The second-order valence-electron chi connectivity index (χ2n) is 2.91. The molecule has 1 aromatic heterocycles. The first-order chi connectivity index (χ1) is 6.61. The van der Waals surface area contributed by atoms with Gasteiger partial charge >= 0.3 is 7.12 Å². The summed E-state index contributed by atoms with van der Waals surface area (Å²) in [6.45, 7) is 0. The Kier molecular flexibility index (Phi) is 2.40. The summed E-state index contributed by atoms with van der Waals surface area (Å²) < 4.78 is 0.896. The molecule has 0 fully saturated rings. The van der Waals surface area contributed by atoms with E-state index < -0.39 is 7.12 Å². The Labute approximate surface area is 89.9 Å². The molecule has 3 nitrogen and oxygen atoms in total. The quantitative estimate of drug-likeness (QED) is 0.499. The zero-order valence-corrected chi connectivity index (χ0v) is 8.64. The van der Waals surface area contributed by atoms with Crippen molar-refractivity contribution in [2.45, 2.75) is 0 Å². The Morgan fingerprint density at radius 1 is 1.36 bits per heavy atom. The third-order valence-corrected chi connectivity index (χ3v) is 3.39. The summed E-state index contributed by atoms with van der Waals surface area (Å²) in [5.74, 6) is 0. The molecule has 1 aromatic carbocycles. The summed E-state index contributed by atoms with van der Waals surface area (Å²) in [7, 11) is -1.51. The Morgan fingerprint density at radius 2 is 2.07 bits per heavy atom. The van der Waals surface area contributed by atoms with Gasteiger partial charge < -0.3 is 15.8 Å². The number of hydrogen-bond donors (Lipinski definition) is 3. The van der Waals surface area contributed by atoms with Crippen molar-refractivity contribution >= 4 is 51.3 Å². The van der Waals surface area contributed by atoms with Gasteiger partial charge in [0.15, 0.2) is 0 Å². The smallest absolute Gasteiger partial charge is 0.423 e. The van der Waals surface area contributed by atoms with Gasteiger partial charge in [-0.2, -0.15) is 0 Å². The van der Waals surface area contributed by atoms with Gasteiger partial charge in [-0.05, 0) is 17.5 Å². The fourth-order valence-corrected chi connectivity index (χ4v) is 2.63. The number of nitrogen functional groups attached to an aromatic ring is 1. The molecule has 0 amide bonds. The topological polar surface area (TPSA) is 66.5 Å². The van der Waals surface area contributed by atoms with Crippen LogP contribution >= 0.6 is 22.9 Å². The summed E-state index contributed by atoms with van der Waals surface area (Å²) >= 11 is 7.38. The van der Waals surface area contributed by atoms with Gasteiger partial charge in [-0.3, -0.25) is 0 Å². The van der Waals surface area contributed by atoms with Crippen molar-refractivity contribution in [3.8, 4) is 0 Å². The van der Waals surface area contributed by atoms with E-state index in [4.69, 9.17) is 27.4 Å². The van der Waals surface area contributed by atoms with Crippen LogP contribution in [0.3, 0.4) is 0 Å². The highest BCUT2D eigenvalue weighted by atomic mass is 35.5. The maximum absolute atomic E-state index is 9.09. The molecule has 0 spiro atoms. The molecule has 2 aromatic rings. The van der Waals surface area contributed by atoms with Crippen LogP contribution in [0.4, 0.5) is 5.69 Å². The molecule has 2 rings (SSSR count). The highest BCUT2D eigenvalue weighted by Crippen LogP contribution is 2.31. The number of nitrogens with two attached hydrogens (primary N) is 1. The summed E-state index contributed by atoms with van der Waals surface area (Å²) in [4.78, 5) is 0. The first kappa shape index (κ1) is 9.80. The van der Waals surface area contributed by atoms with E-state index in [-0.39, 0.29) is 0 Å². The van der Waals surface area contributed by atoms with Crippen LogP contribution < -0.4 is 11.2 Å². The Hall–Kier alpha value is -0.745. The molecule has 0 radical (unpaired) electrons. The average molecular weight is 227 g/mol. The van der Waals surface area contributed by atoms with Gasteiger partial charge in [0.1, 0.15) is 0 Å². The van der Waals surface area contributed by atoms with Gasteiger partial charge in [0.25, 0.3) is 0 Å². The molecular weight excluding hydrogens is 220 g/mol. The molecule has 0 saturated heterocycles. The molecule has 6 heteroatoms. The number of anilines is 1. The SMILES string of the molecule is Nc1ccc2scc(B(O)O)c2c1Cl. The highest BCUT2D eigenvalue weighted by Gasteiger charge is 2.19. The van der Waals surface area contributed by atoms with Crippen LogP contribution in [-0.2, 0) is 0 Å². The third kappa shape index (κ3) is 1.38. The maximum Gasteiger partial charge on any atom is 0.489 e. The predicted molar refractivity (Wildman–Crippen MR) is 61.1 cm³/mol. The molecular formula is C8H7BClNO2S. The van der Waals surface area contributed by atoms with Crippen molar-refractivity contribution in [2.24, 2.45) is 0 Å². The van der Waals surface area contributed by atoms with Gasteiger partial charge in [-0.1, -0.05) is 11.6 Å². The van der Waals surface area contributed by atoms with Gasteiger partial charge in [0.05, 0.1) is 10.7 Å². The highest BCUT2D eigenvalue weighted by molar-refractivity contribution is 7.18. The third-order valence-electron chi connectivity index (χ3n) is 2.01. The normalized spacial score (nSPS) is 10.8. The summed E-state index contributed by atoms with van der Waals surface area (Å²) in [6.07, 6.45) is 0. The molecule has 14 heavy (non-hydrogen) atoms. The van der Waals surface area contributed by atoms with Crippen LogP contribution in [0.2, 0.25) is 5.02 Å². The predicted octanol–water partition coefficient (Wildman–Crippen LogP) is 0.817. The first-order valence-corrected chi connectivity index (χ1v) is 5.18. The lowest BCUT2D eigenvalue weighted by Gasteiger charge is -2.02. The monoisotopic (exact) mass is 227 g/mol. The molecule has 0 saturated carbocycles. The number of halogens is 1. The average Bonchev–Trinajstić information content (AvgIpc) is 2.55. The minimum atomic E-state index is -1.51. The van der Waals surface area contributed by atoms with Crippen LogP contribution in [0.25, 0.3) is 10.1 Å². The number of rotatable bonds is 1. The van der Waals surface area contributed by atoms with Crippen LogP contribution in [0.1, 0.15) is 0 Å². The van der Waals surface area contributed by atoms with Gasteiger partial charge in [0, 0.05) is 15.5 Å². The fourth-order valence-electron chi connectivity index (χ4n) is 1.32.